The van der Waals surface area contributed by atoms with E-state index in [9.17, 15) is 0 Å². The van der Waals surface area contributed by atoms with Crippen molar-refractivity contribution in [2.45, 2.75) is 6.92 Å². The molecule has 1 N–H and O–H groups in total. The Morgan fingerprint density at radius 1 is 1.62 bits per heavy atom. The summed E-state index contributed by atoms with van der Waals surface area (Å²) in [5, 5.41) is 3.95. The van der Waals surface area contributed by atoms with Crippen LogP contribution in [0, 0.1) is 6.92 Å². The van der Waals surface area contributed by atoms with E-state index in [0.717, 1.165) is 5.56 Å². The summed E-state index contributed by atoms with van der Waals surface area (Å²) < 4.78 is 0. The van der Waals surface area contributed by atoms with Crippen molar-refractivity contribution in [2.75, 3.05) is 11.9 Å². The normalized spacial score (nSPS) is 9.77. The highest BCUT2D eigenvalue weighted by molar-refractivity contribution is 6.30. The molecule has 0 saturated carbocycles. The molecule has 0 aliphatic carbocycles. The van der Waals surface area contributed by atoms with Gasteiger partial charge in [-0.1, -0.05) is 29.8 Å². The fourth-order valence-electron chi connectivity index (χ4n) is 0.786. The number of hydrogen-bond donors (Lipinski definition) is 1. The van der Waals surface area contributed by atoms with Gasteiger partial charge < -0.3 is 5.32 Å². The van der Waals surface area contributed by atoms with Crippen molar-refractivity contribution >= 4 is 29.0 Å². The van der Waals surface area contributed by atoms with Gasteiger partial charge >= 0.3 is 0 Å². The fourth-order valence-corrected chi connectivity index (χ4v) is 0.986. The number of hydrogen-bond acceptors (Lipinski definition) is 3. The molecule has 0 aliphatic heterocycles. The first-order chi connectivity index (χ1) is 6.11. The third kappa shape index (κ3) is 2.86. The number of nitrogens with zero attached hydrogens (tertiary/aromatic N) is 2. The van der Waals surface area contributed by atoms with Crippen molar-refractivity contribution in [3.63, 3.8) is 0 Å². The predicted molar refractivity (Wildman–Crippen MR) is 55.3 cm³/mol. The fraction of sp³-hybridized carbons (Fsp3) is 0.250. The zero-order valence-electron chi connectivity index (χ0n) is 7.14. The van der Waals surface area contributed by atoms with E-state index in [1.54, 1.807) is 0 Å². The van der Waals surface area contributed by atoms with Gasteiger partial charge in [-0.2, -0.15) is 0 Å². The van der Waals surface area contributed by atoms with E-state index < -0.39 is 0 Å². The van der Waals surface area contributed by atoms with Crippen LogP contribution in [0.2, 0.25) is 5.15 Å². The summed E-state index contributed by atoms with van der Waals surface area (Å²) in [6.07, 6.45) is 1.40. The number of nitrogens with one attached hydrogen (secondary N) is 1. The summed E-state index contributed by atoms with van der Waals surface area (Å²) >= 11 is 11.4. The molecular formula is C8H9Cl2N3. The van der Waals surface area contributed by atoms with E-state index in [1.165, 1.54) is 6.33 Å². The van der Waals surface area contributed by atoms with E-state index in [0.29, 0.717) is 22.5 Å². The topological polar surface area (TPSA) is 37.8 Å². The molecule has 0 spiro atoms. The van der Waals surface area contributed by atoms with Gasteiger partial charge in [0, 0.05) is 10.6 Å². The summed E-state index contributed by atoms with van der Waals surface area (Å²) in [5.41, 5.74) is 0.807. The Morgan fingerprint density at radius 2 is 2.31 bits per heavy atom. The van der Waals surface area contributed by atoms with Crippen LogP contribution in [-0.4, -0.2) is 16.5 Å². The highest BCUT2D eigenvalue weighted by Gasteiger charge is 2.03. The average Bonchev–Trinajstić information content (AvgIpc) is 2.07. The van der Waals surface area contributed by atoms with Gasteiger partial charge in [-0.05, 0) is 6.92 Å². The van der Waals surface area contributed by atoms with Crippen LogP contribution in [0.1, 0.15) is 5.56 Å². The Balaban J connectivity index is 2.77. The van der Waals surface area contributed by atoms with Crippen molar-refractivity contribution in [1.82, 2.24) is 9.97 Å². The molecule has 0 saturated heterocycles. The lowest BCUT2D eigenvalue weighted by Crippen LogP contribution is -2.05. The molecule has 70 valence electrons. The molecule has 0 aliphatic rings. The van der Waals surface area contributed by atoms with Crippen molar-refractivity contribution < 1.29 is 0 Å². The summed E-state index contributed by atoms with van der Waals surface area (Å²) in [7, 11) is 0. The minimum Gasteiger partial charge on any atom is -0.365 e. The first kappa shape index (κ1) is 10.3. The van der Waals surface area contributed by atoms with Crippen LogP contribution in [0.15, 0.2) is 17.9 Å². The SMILES string of the molecule is C=C(Cl)CNc1ncnc(Cl)c1C. The van der Waals surface area contributed by atoms with Crippen LogP contribution < -0.4 is 5.32 Å². The van der Waals surface area contributed by atoms with Crippen LogP contribution in [0.4, 0.5) is 5.82 Å². The first-order valence-electron chi connectivity index (χ1n) is 3.65. The largest absolute Gasteiger partial charge is 0.365 e. The zero-order valence-corrected chi connectivity index (χ0v) is 8.65. The molecule has 3 nitrogen and oxygen atoms in total. The lowest BCUT2D eigenvalue weighted by molar-refractivity contribution is 1.10. The van der Waals surface area contributed by atoms with E-state index in [2.05, 4.69) is 21.9 Å². The van der Waals surface area contributed by atoms with Gasteiger partial charge in [-0.25, -0.2) is 9.97 Å². The van der Waals surface area contributed by atoms with Gasteiger partial charge in [-0.3, -0.25) is 0 Å². The number of rotatable bonds is 3. The molecule has 0 fully saturated rings. The molecule has 0 amide bonds. The highest BCUT2D eigenvalue weighted by atomic mass is 35.5. The molecular weight excluding hydrogens is 209 g/mol. The Kier molecular flexibility index (Phi) is 3.51. The number of halogens is 2. The van der Waals surface area contributed by atoms with Crippen molar-refractivity contribution in [3.05, 3.63) is 28.7 Å². The van der Waals surface area contributed by atoms with Crippen LogP contribution in [0.5, 0.6) is 0 Å². The van der Waals surface area contributed by atoms with Crippen LogP contribution >= 0.6 is 23.2 Å². The number of anilines is 1. The van der Waals surface area contributed by atoms with Crippen molar-refractivity contribution in [1.29, 1.82) is 0 Å². The maximum Gasteiger partial charge on any atom is 0.137 e. The molecule has 0 unspecified atom stereocenters. The lowest BCUT2D eigenvalue weighted by Gasteiger charge is -2.06. The third-order valence-corrected chi connectivity index (χ3v) is 1.98. The standard InChI is InChI=1S/C8H9Cl2N3/c1-5(9)3-11-8-6(2)7(10)12-4-13-8/h4H,1,3H2,2H3,(H,11,12,13). The van der Waals surface area contributed by atoms with E-state index in [1.807, 2.05) is 6.92 Å². The molecule has 0 radical (unpaired) electrons. The summed E-state index contributed by atoms with van der Waals surface area (Å²) in [4.78, 5) is 7.83. The Bertz CT molecular complexity index is 325. The molecule has 1 heterocycles. The van der Waals surface area contributed by atoms with Gasteiger partial charge in [0.1, 0.15) is 17.3 Å². The quantitative estimate of drug-likeness (QED) is 0.792. The molecule has 0 aromatic carbocycles. The van der Waals surface area contributed by atoms with E-state index in [-0.39, 0.29) is 0 Å². The second-order valence-electron chi connectivity index (χ2n) is 2.51. The Hall–Kier alpha value is -0.800. The summed E-state index contributed by atoms with van der Waals surface area (Å²) in [6, 6.07) is 0. The maximum absolute atomic E-state index is 5.78. The van der Waals surface area contributed by atoms with Crippen molar-refractivity contribution in [3.8, 4) is 0 Å². The molecule has 0 atom stereocenters. The smallest absolute Gasteiger partial charge is 0.137 e. The molecule has 0 bridgehead atoms. The second kappa shape index (κ2) is 4.44. The maximum atomic E-state index is 5.78. The van der Waals surface area contributed by atoms with Crippen LogP contribution in [0.3, 0.4) is 0 Å². The Morgan fingerprint density at radius 3 is 2.92 bits per heavy atom. The van der Waals surface area contributed by atoms with Gasteiger partial charge in [0.25, 0.3) is 0 Å². The third-order valence-electron chi connectivity index (χ3n) is 1.47. The summed E-state index contributed by atoms with van der Waals surface area (Å²) in [6.45, 7) is 5.85. The Labute approximate surface area is 86.8 Å². The zero-order chi connectivity index (χ0) is 9.84. The van der Waals surface area contributed by atoms with E-state index >= 15 is 0 Å². The molecule has 13 heavy (non-hydrogen) atoms. The highest BCUT2D eigenvalue weighted by Crippen LogP contribution is 2.17. The monoisotopic (exact) mass is 217 g/mol. The van der Waals surface area contributed by atoms with Gasteiger partial charge in [-0.15, -0.1) is 0 Å². The molecule has 1 aromatic heterocycles. The van der Waals surface area contributed by atoms with Crippen LogP contribution in [-0.2, 0) is 0 Å². The molecule has 1 rings (SSSR count). The predicted octanol–water partition coefficient (Wildman–Crippen LogP) is 2.60. The lowest BCUT2D eigenvalue weighted by atomic mass is 10.3. The van der Waals surface area contributed by atoms with Gasteiger partial charge in [0.05, 0.1) is 6.54 Å². The van der Waals surface area contributed by atoms with Crippen molar-refractivity contribution in [2.24, 2.45) is 0 Å². The second-order valence-corrected chi connectivity index (χ2v) is 3.40. The average molecular weight is 218 g/mol. The van der Waals surface area contributed by atoms with Crippen LogP contribution in [0.25, 0.3) is 0 Å². The van der Waals surface area contributed by atoms with Gasteiger partial charge in [0.15, 0.2) is 0 Å². The summed E-state index contributed by atoms with van der Waals surface area (Å²) in [5.74, 6) is 0.682. The first-order valence-corrected chi connectivity index (χ1v) is 4.41. The molecule has 5 heteroatoms. The minimum atomic E-state index is 0.442. The molecule has 1 aromatic rings. The van der Waals surface area contributed by atoms with Gasteiger partial charge in [0.2, 0.25) is 0 Å². The number of aromatic nitrogens is 2. The van der Waals surface area contributed by atoms with E-state index in [4.69, 9.17) is 23.2 Å². The minimum absolute atomic E-state index is 0.442.